The molecule has 26 heavy (non-hydrogen) atoms. The molecule has 6 nitrogen and oxygen atoms in total. The fourth-order valence-electron chi connectivity index (χ4n) is 3.57. The van der Waals surface area contributed by atoms with Crippen molar-refractivity contribution in [3.05, 3.63) is 45.8 Å². The summed E-state index contributed by atoms with van der Waals surface area (Å²) < 4.78 is 10.7. The molecule has 0 aliphatic heterocycles. The molecule has 1 aliphatic rings. The van der Waals surface area contributed by atoms with Gasteiger partial charge in [-0.3, -0.25) is 4.79 Å². The van der Waals surface area contributed by atoms with Gasteiger partial charge in [0.1, 0.15) is 18.2 Å². The monoisotopic (exact) mass is 357 g/mol. The Labute approximate surface area is 151 Å². The van der Waals surface area contributed by atoms with Gasteiger partial charge in [0, 0.05) is 23.9 Å². The Balaban J connectivity index is 1.78. The summed E-state index contributed by atoms with van der Waals surface area (Å²) in [6.07, 6.45) is 3.91. The molecule has 1 aliphatic carbocycles. The number of carbonyl (C=O) groups excluding carboxylic acids is 2. The Kier molecular flexibility index (Phi) is 5.40. The molecule has 0 bridgehead atoms. The van der Waals surface area contributed by atoms with E-state index in [1.165, 1.54) is 13.0 Å². The van der Waals surface area contributed by atoms with Crippen molar-refractivity contribution < 1.29 is 18.7 Å². The highest BCUT2D eigenvalue weighted by atomic mass is 16.5. The predicted molar refractivity (Wildman–Crippen MR) is 96.6 cm³/mol. The molecule has 1 N–H and O–H groups in total. The Hall–Kier alpha value is -2.63. The van der Waals surface area contributed by atoms with E-state index in [0.29, 0.717) is 11.1 Å². The summed E-state index contributed by atoms with van der Waals surface area (Å²) in [5.74, 6) is -0.604. The van der Waals surface area contributed by atoms with Gasteiger partial charge < -0.3 is 14.5 Å². The first-order chi connectivity index (χ1) is 12.4. The summed E-state index contributed by atoms with van der Waals surface area (Å²) in [4.78, 5) is 35.8. The molecular formula is C20H23NO5. The number of aryl methyl sites for hydroxylation is 1. The highest BCUT2D eigenvalue weighted by Crippen LogP contribution is 2.28. The number of esters is 1. The number of amides is 1. The molecule has 1 amide bonds. The van der Waals surface area contributed by atoms with Gasteiger partial charge in [-0.2, -0.15) is 0 Å². The van der Waals surface area contributed by atoms with Crippen molar-refractivity contribution in [3.63, 3.8) is 0 Å². The van der Waals surface area contributed by atoms with Crippen molar-refractivity contribution in [3.8, 4) is 0 Å². The second kappa shape index (κ2) is 7.72. The van der Waals surface area contributed by atoms with Gasteiger partial charge in [-0.05, 0) is 37.3 Å². The lowest BCUT2D eigenvalue weighted by Gasteiger charge is -2.22. The predicted octanol–water partition coefficient (Wildman–Crippen LogP) is 2.84. The van der Waals surface area contributed by atoms with E-state index in [0.717, 1.165) is 36.6 Å². The molecule has 1 fully saturated rings. The van der Waals surface area contributed by atoms with Crippen LogP contribution in [-0.4, -0.2) is 17.9 Å². The van der Waals surface area contributed by atoms with Crippen molar-refractivity contribution in [2.24, 2.45) is 5.92 Å². The zero-order valence-electron chi connectivity index (χ0n) is 15.0. The maximum absolute atomic E-state index is 12.6. The van der Waals surface area contributed by atoms with Gasteiger partial charge in [0.25, 0.3) is 0 Å². The highest BCUT2D eigenvalue weighted by Gasteiger charge is 2.32. The van der Waals surface area contributed by atoms with Crippen LogP contribution in [0.25, 0.3) is 11.0 Å². The Morgan fingerprint density at radius 1 is 1.27 bits per heavy atom. The van der Waals surface area contributed by atoms with Gasteiger partial charge in [-0.1, -0.05) is 25.0 Å². The molecule has 1 aromatic carbocycles. The quantitative estimate of drug-likeness (QED) is 0.657. The number of carbonyl (C=O) groups is 2. The molecule has 6 heteroatoms. The Morgan fingerprint density at radius 3 is 2.69 bits per heavy atom. The van der Waals surface area contributed by atoms with Gasteiger partial charge in [0.2, 0.25) is 5.91 Å². The van der Waals surface area contributed by atoms with E-state index < -0.39 is 17.6 Å². The van der Waals surface area contributed by atoms with E-state index in [2.05, 4.69) is 5.32 Å². The van der Waals surface area contributed by atoms with E-state index in [-0.39, 0.29) is 18.4 Å². The molecule has 0 radical (unpaired) electrons. The number of hydrogen-bond acceptors (Lipinski definition) is 5. The lowest BCUT2D eigenvalue weighted by atomic mass is 9.98. The maximum Gasteiger partial charge on any atom is 0.336 e. The third kappa shape index (κ3) is 4.12. The molecular weight excluding hydrogens is 334 g/mol. The summed E-state index contributed by atoms with van der Waals surface area (Å²) >= 11 is 0. The molecule has 138 valence electrons. The Bertz CT molecular complexity index is 879. The van der Waals surface area contributed by atoms with Gasteiger partial charge >= 0.3 is 11.6 Å². The number of ether oxygens (including phenoxy) is 1. The molecule has 1 aromatic heterocycles. The van der Waals surface area contributed by atoms with Crippen molar-refractivity contribution in [2.45, 2.75) is 52.2 Å². The van der Waals surface area contributed by atoms with Crippen LogP contribution in [0.2, 0.25) is 0 Å². The first kappa shape index (κ1) is 18.2. The standard InChI is InChI=1S/C20H23NO5/c1-12-7-8-16-15(10-18(23)26-17(16)9-12)11-25-20(24)19(21-13(2)22)14-5-3-4-6-14/h7-10,14,19H,3-6,11H2,1-2H3,(H,21,22)/t19-/m1/s1. The second-order valence-electron chi connectivity index (χ2n) is 6.92. The molecule has 1 atom stereocenters. The second-order valence-corrected chi connectivity index (χ2v) is 6.92. The maximum atomic E-state index is 12.6. The van der Waals surface area contributed by atoms with Gasteiger partial charge in [0.05, 0.1) is 0 Å². The molecule has 0 unspecified atom stereocenters. The van der Waals surface area contributed by atoms with Gasteiger partial charge in [-0.15, -0.1) is 0 Å². The third-order valence-electron chi connectivity index (χ3n) is 4.84. The molecule has 0 spiro atoms. The zero-order chi connectivity index (χ0) is 18.7. The molecule has 0 saturated heterocycles. The Morgan fingerprint density at radius 2 is 2.00 bits per heavy atom. The zero-order valence-corrected chi connectivity index (χ0v) is 15.0. The van der Waals surface area contributed by atoms with Crippen LogP contribution in [0.5, 0.6) is 0 Å². The van der Waals surface area contributed by atoms with Crippen LogP contribution in [0.1, 0.15) is 43.7 Å². The fourth-order valence-corrected chi connectivity index (χ4v) is 3.57. The third-order valence-corrected chi connectivity index (χ3v) is 4.84. The summed E-state index contributed by atoms with van der Waals surface area (Å²) in [5.41, 5.74) is 1.56. The average molecular weight is 357 g/mol. The largest absolute Gasteiger partial charge is 0.459 e. The first-order valence-electron chi connectivity index (χ1n) is 8.91. The van der Waals surface area contributed by atoms with E-state index in [1.807, 2.05) is 19.1 Å². The molecule has 3 rings (SSSR count). The fraction of sp³-hybridized carbons (Fsp3) is 0.450. The molecule has 1 heterocycles. The van der Waals surface area contributed by atoms with Gasteiger partial charge in [0.15, 0.2) is 0 Å². The van der Waals surface area contributed by atoms with Crippen LogP contribution in [0, 0.1) is 12.8 Å². The van der Waals surface area contributed by atoms with E-state index >= 15 is 0 Å². The van der Waals surface area contributed by atoms with Crippen LogP contribution in [-0.2, 0) is 20.9 Å². The minimum absolute atomic E-state index is 0.0349. The van der Waals surface area contributed by atoms with Crippen LogP contribution in [0.15, 0.2) is 33.5 Å². The van der Waals surface area contributed by atoms with Crippen LogP contribution in [0.3, 0.4) is 0 Å². The smallest absolute Gasteiger partial charge is 0.336 e. The number of hydrogen-bond donors (Lipinski definition) is 1. The number of benzene rings is 1. The number of nitrogens with one attached hydrogen (secondary N) is 1. The summed E-state index contributed by atoms with van der Waals surface area (Å²) in [6.45, 7) is 3.27. The van der Waals surface area contributed by atoms with Crippen molar-refractivity contribution >= 4 is 22.8 Å². The summed E-state index contributed by atoms with van der Waals surface area (Å²) in [5, 5.41) is 3.46. The van der Waals surface area contributed by atoms with Crippen LogP contribution >= 0.6 is 0 Å². The average Bonchev–Trinajstić information content (AvgIpc) is 3.10. The minimum atomic E-state index is -0.636. The summed E-state index contributed by atoms with van der Waals surface area (Å²) in [6, 6.07) is 6.24. The summed E-state index contributed by atoms with van der Waals surface area (Å²) in [7, 11) is 0. The van der Waals surface area contributed by atoms with Gasteiger partial charge in [-0.25, -0.2) is 9.59 Å². The van der Waals surface area contributed by atoms with E-state index in [1.54, 1.807) is 6.07 Å². The minimum Gasteiger partial charge on any atom is -0.459 e. The van der Waals surface area contributed by atoms with Crippen molar-refractivity contribution in [1.29, 1.82) is 0 Å². The number of rotatable bonds is 5. The molecule has 1 saturated carbocycles. The first-order valence-corrected chi connectivity index (χ1v) is 8.91. The SMILES string of the molecule is CC(=O)N[C@@H](C(=O)OCc1cc(=O)oc2cc(C)ccc12)C1CCCC1. The van der Waals surface area contributed by atoms with E-state index in [4.69, 9.17) is 9.15 Å². The van der Waals surface area contributed by atoms with E-state index in [9.17, 15) is 14.4 Å². The topological polar surface area (TPSA) is 85.6 Å². The lowest BCUT2D eigenvalue weighted by Crippen LogP contribution is -2.45. The van der Waals surface area contributed by atoms with Crippen molar-refractivity contribution in [1.82, 2.24) is 5.32 Å². The van der Waals surface area contributed by atoms with Crippen molar-refractivity contribution in [2.75, 3.05) is 0 Å². The highest BCUT2D eigenvalue weighted by molar-refractivity contribution is 5.84. The molecule has 2 aromatic rings. The van der Waals surface area contributed by atoms with Crippen LogP contribution < -0.4 is 10.9 Å². The normalized spacial score (nSPS) is 15.8. The number of fused-ring (bicyclic) bond motifs is 1. The lowest BCUT2D eigenvalue weighted by molar-refractivity contribution is -0.150. The van der Waals surface area contributed by atoms with Crippen LogP contribution in [0.4, 0.5) is 0 Å².